The number of fused-ring (bicyclic) bond motifs is 1. The van der Waals surface area contributed by atoms with Crippen molar-refractivity contribution in [3.8, 4) is 22.9 Å². The van der Waals surface area contributed by atoms with E-state index in [1.54, 1.807) is 12.1 Å². The normalized spacial score (nSPS) is 23.2. The highest BCUT2D eigenvalue weighted by atomic mass is 16.6. The van der Waals surface area contributed by atoms with E-state index in [4.69, 9.17) is 14.2 Å². The van der Waals surface area contributed by atoms with Crippen molar-refractivity contribution < 1.29 is 34.0 Å². The number of ether oxygens (including phenoxy) is 3. The number of nitrogens with zero attached hydrogens (tertiary/aromatic N) is 3. The Hall–Kier alpha value is -4.26. The van der Waals surface area contributed by atoms with Gasteiger partial charge in [-0.3, -0.25) is 9.69 Å². The molecule has 4 atom stereocenters. The topological polar surface area (TPSA) is 155 Å². The first kappa shape index (κ1) is 27.9. The first-order valence-corrected chi connectivity index (χ1v) is 14.1. The average molecular weight is 576 g/mol. The van der Waals surface area contributed by atoms with Crippen molar-refractivity contribution in [2.24, 2.45) is 5.92 Å². The Kier molecular flexibility index (Phi) is 8.17. The van der Waals surface area contributed by atoms with Crippen LogP contribution in [0, 0.1) is 5.92 Å². The lowest BCUT2D eigenvalue weighted by molar-refractivity contribution is -0.118. The predicted molar refractivity (Wildman–Crippen MR) is 152 cm³/mol. The van der Waals surface area contributed by atoms with Gasteiger partial charge < -0.3 is 35.1 Å². The zero-order valence-electron chi connectivity index (χ0n) is 22.9. The molecular formula is C30H33N5O7. The smallest absolute Gasteiger partial charge is 0.415 e. The SMILES string of the molecule is O=C1COc2ccc(N3C[C@H](CCNCc4cccc(-c5cccc(OC[C@H]6C[C@@H](O)[C@@H](O)C6)n5)c4)OC3=O)nc2N1. The Labute approximate surface area is 242 Å². The zero-order valence-corrected chi connectivity index (χ0v) is 22.9. The largest absolute Gasteiger partial charge is 0.480 e. The van der Waals surface area contributed by atoms with Gasteiger partial charge in [-0.25, -0.2) is 14.8 Å². The van der Waals surface area contributed by atoms with Gasteiger partial charge in [0.15, 0.2) is 18.2 Å². The summed E-state index contributed by atoms with van der Waals surface area (Å²) >= 11 is 0. The van der Waals surface area contributed by atoms with E-state index in [1.165, 1.54) is 4.90 Å². The number of pyridine rings is 2. The maximum absolute atomic E-state index is 12.5. The summed E-state index contributed by atoms with van der Waals surface area (Å²) in [5.74, 6) is 1.49. The summed E-state index contributed by atoms with van der Waals surface area (Å²) in [7, 11) is 0. The van der Waals surface area contributed by atoms with Crippen LogP contribution in [0.25, 0.3) is 11.3 Å². The fourth-order valence-corrected chi connectivity index (χ4v) is 5.39. The molecule has 12 heteroatoms. The van der Waals surface area contributed by atoms with Crippen LogP contribution in [0.5, 0.6) is 11.6 Å². The Morgan fingerprint density at radius 1 is 1.05 bits per heavy atom. The molecule has 1 saturated heterocycles. The van der Waals surface area contributed by atoms with Crippen LogP contribution in [0.1, 0.15) is 24.8 Å². The van der Waals surface area contributed by atoms with Crippen molar-refractivity contribution in [3.63, 3.8) is 0 Å². The second kappa shape index (κ2) is 12.3. The summed E-state index contributed by atoms with van der Waals surface area (Å²) in [4.78, 5) is 34.6. The molecule has 4 heterocycles. The molecule has 1 aromatic carbocycles. The number of aliphatic hydroxyl groups excluding tert-OH is 2. The van der Waals surface area contributed by atoms with E-state index in [2.05, 4.69) is 26.7 Å². The number of benzene rings is 1. The monoisotopic (exact) mass is 575 g/mol. The van der Waals surface area contributed by atoms with Gasteiger partial charge in [0.1, 0.15) is 11.9 Å². The molecule has 1 aliphatic carbocycles. The summed E-state index contributed by atoms with van der Waals surface area (Å²) in [6.07, 6.45) is -0.445. The highest BCUT2D eigenvalue weighted by Gasteiger charge is 2.34. The van der Waals surface area contributed by atoms with Crippen LogP contribution in [0.15, 0.2) is 54.6 Å². The van der Waals surface area contributed by atoms with Gasteiger partial charge >= 0.3 is 6.09 Å². The molecule has 0 bridgehead atoms. The van der Waals surface area contributed by atoms with E-state index in [-0.39, 0.29) is 24.5 Å². The van der Waals surface area contributed by atoms with Crippen LogP contribution in [-0.4, -0.2) is 76.8 Å². The van der Waals surface area contributed by atoms with Crippen molar-refractivity contribution in [1.29, 1.82) is 0 Å². The lowest BCUT2D eigenvalue weighted by Gasteiger charge is -2.19. The van der Waals surface area contributed by atoms with Crippen molar-refractivity contribution >= 4 is 23.6 Å². The minimum absolute atomic E-state index is 0.0569. The van der Waals surface area contributed by atoms with Crippen molar-refractivity contribution in [2.45, 2.75) is 44.1 Å². The van der Waals surface area contributed by atoms with Gasteiger partial charge in [0.2, 0.25) is 5.88 Å². The van der Waals surface area contributed by atoms with Crippen LogP contribution in [0.2, 0.25) is 0 Å². The van der Waals surface area contributed by atoms with E-state index in [0.717, 1.165) is 16.8 Å². The minimum Gasteiger partial charge on any atom is -0.480 e. The number of hydrogen-bond acceptors (Lipinski definition) is 10. The van der Waals surface area contributed by atoms with Gasteiger partial charge in [0.05, 0.1) is 31.1 Å². The fourth-order valence-electron chi connectivity index (χ4n) is 5.39. The number of anilines is 2. The number of carbonyl (C=O) groups is 2. The van der Waals surface area contributed by atoms with Crippen LogP contribution in [0.3, 0.4) is 0 Å². The molecule has 0 radical (unpaired) electrons. The summed E-state index contributed by atoms with van der Waals surface area (Å²) in [6, 6.07) is 17.1. The Morgan fingerprint density at radius 3 is 2.74 bits per heavy atom. The Bertz CT molecular complexity index is 1440. The number of carbonyl (C=O) groups excluding carboxylic acids is 2. The molecule has 3 aliphatic rings. The summed E-state index contributed by atoms with van der Waals surface area (Å²) < 4.78 is 16.7. The lowest BCUT2D eigenvalue weighted by Crippen LogP contribution is -2.29. The molecule has 220 valence electrons. The quantitative estimate of drug-likeness (QED) is 0.265. The van der Waals surface area contributed by atoms with E-state index >= 15 is 0 Å². The molecule has 2 amide bonds. The fraction of sp³-hybridized carbons (Fsp3) is 0.400. The lowest BCUT2D eigenvalue weighted by atomic mass is 10.1. The Morgan fingerprint density at radius 2 is 1.88 bits per heavy atom. The minimum atomic E-state index is -0.684. The van der Waals surface area contributed by atoms with Gasteiger partial charge in [-0.05, 0) is 61.6 Å². The molecule has 3 aromatic rings. The van der Waals surface area contributed by atoms with Crippen LogP contribution < -0.4 is 25.0 Å². The molecule has 12 nitrogen and oxygen atoms in total. The van der Waals surface area contributed by atoms with Crippen LogP contribution >= 0.6 is 0 Å². The molecule has 42 heavy (non-hydrogen) atoms. The molecule has 2 fully saturated rings. The highest BCUT2D eigenvalue weighted by molar-refractivity contribution is 5.95. The van der Waals surface area contributed by atoms with Crippen molar-refractivity contribution in [2.75, 3.05) is 36.5 Å². The standard InChI is InChI=1S/C30H33N5O7/c36-23-12-19(13-24(23)37)16-41-28-6-2-5-22(32-28)20-4-1-3-18(11-20)14-31-10-9-21-15-35(30(39)42-21)26-8-7-25-29(33-26)34-27(38)17-40-25/h1-8,11,19,21,23-24,31,36-37H,9-10,12-17H2,(H,33,34,38)/t19-,21-,23+,24-/m0/s1. The van der Waals surface area contributed by atoms with Crippen molar-refractivity contribution in [1.82, 2.24) is 15.3 Å². The van der Waals surface area contributed by atoms with E-state index in [1.807, 2.05) is 36.4 Å². The first-order valence-electron chi connectivity index (χ1n) is 14.1. The molecule has 6 rings (SSSR count). The van der Waals surface area contributed by atoms with Crippen LogP contribution in [0.4, 0.5) is 16.4 Å². The molecule has 1 saturated carbocycles. The second-order valence-corrected chi connectivity index (χ2v) is 10.8. The van der Waals surface area contributed by atoms with Gasteiger partial charge in [-0.1, -0.05) is 24.3 Å². The van der Waals surface area contributed by atoms with Crippen molar-refractivity contribution in [3.05, 3.63) is 60.2 Å². The van der Waals surface area contributed by atoms with Crippen LogP contribution in [-0.2, 0) is 16.1 Å². The number of cyclic esters (lactones) is 1. The van der Waals surface area contributed by atoms with E-state index < -0.39 is 18.3 Å². The highest BCUT2D eigenvalue weighted by Crippen LogP contribution is 2.31. The maximum Gasteiger partial charge on any atom is 0.415 e. The molecule has 2 aromatic heterocycles. The number of aromatic nitrogens is 2. The third-order valence-corrected chi connectivity index (χ3v) is 7.59. The number of hydrogen-bond donors (Lipinski definition) is 4. The zero-order chi connectivity index (χ0) is 29.1. The molecular weight excluding hydrogens is 542 g/mol. The van der Waals surface area contributed by atoms with Gasteiger partial charge in [0, 0.05) is 18.2 Å². The summed E-state index contributed by atoms with van der Waals surface area (Å²) in [5.41, 5.74) is 2.84. The molecule has 0 spiro atoms. The maximum atomic E-state index is 12.5. The van der Waals surface area contributed by atoms with E-state index in [9.17, 15) is 19.8 Å². The number of aliphatic hydroxyl groups is 2. The predicted octanol–water partition coefficient (Wildman–Crippen LogP) is 2.49. The molecule has 4 N–H and O–H groups in total. The number of rotatable bonds is 10. The Balaban J connectivity index is 0.980. The third-order valence-electron chi connectivity index (χ3n) is 7.59. The first-order chi connectivity index (χ1) is 20.4. The second-order valence-electron chi connectivity index (χ2n) is 10.8. The van der Waals surface area contributed by atoms with Gasteiger partial charge in [0.25, 0.3) is 5.91 Å². The van der Waals surface area contributed by atoms with E-state index in [0.29, 0.717) is 68.8 Å². The number of nitrogens with one attached hydrogen (secondary N) is 2. The molecule has 0 unspecified atom stereocenters. The molecule has 2 aliphatic heterocycles. The summed E-state index contributed by atoms with van der Waals surface area (Å²) in [5, 5.41) is 25.6. The third kappa shape index (κ3) is 6.46. The van der Waals surface area contributed by atoms with Gasteiger partial charge in [-0.15, -0.1) is 0 Å². The number of amides is 2. The average Bonchev–Trinajstić information content (AvgIpc) is 3.54. The summed E-state index contributed by atoms with van der Waals surface area (Å²) in [6.45, 7) is 1.98. The van der Waals surface area contributed by atoms with Gasteiger partial charge in [-0.2, -0.15) is 0 Å².